The zero-order valence-corrected chi connectivity index (χ0v) is 12.6. The Balaban J connectivity index is 2.02. The fourth-order valence-electron chi connectivity index (χ4n) is 2.00. The molecule has 6 nitrogen and oxygen atoms in total. The molecule has 0 aliphatic carbocycles. The van der Waals surface area contributed by atoms with Crippen LogP contribution in [-0.4, -0.2) is 26.8 Å². The lowest BCUT2D eigenvalue weighted by Crippen LogP contribution is -2.06. The lowest BCUT2D eigenvalue weighted by Gasteiger charge is -2.03. The van der Waals surface area contributed by atoms with Gasteiger partial charge in [-0.2, -0.15) is 4.98 Å². The van der Waals surface area contributed by atoms with Crippen LogP contribution in [0.3, 0.4) is 0 Å². The fraction of sp³-hybridized carbons (Fsp3) is 0.214. The van der Waals surface area contributed by atoms with Crippen LogP contribution in [0.25, 0.3) is 22.4 Å². The Hall–Kier alpha value is -1.83. The van der Waals surface area contributed by atoms with E-state index in [4.69, 9.17) is 10.3 Å². The average molecular weight is 349 g/mol. The highest BCUT2D eigenvalue weighted by Crippen LogP contribution is 2.28. The summed E-state index contributed by atoms with van der Waals surface area (Å²) in [6, 6.07) is 9.70. The highest BCUT2D eigenvalue weighted by molar-refractivity contribution is 9.10. The number of rotatable bonds is 4. The molecule has 7 heteroatoms. The second kappa shape index (κ2) is 5.88. The molecule has 0 spiro atoms. The normalized spacial score (nSPS) is 12.7. The molecule has 0 saturated carbocycles. The van der Waals surface area contributed by atoms with Crippen molar-refractivity contribution in [2.24, 2.45) is 5.73 Å². The third kappa shape index (κ3) is 2.80. The molecule has 3 N–H and O–H groups in total. The molecule has 0 radical (unpaired) electrons. The van der Waals surface area contributed by atoms with Crippen LogP contribution >= 0.6 is 15.9 Å². The minimum Gasteiger partial charge on any atom is -0.383 e. The van der Waals surface area contributed by atoms with Gasteiger partial charge in [0, 0.05) is 9.86 Å². The zero-order valence-electron chi connectivity index (χ0n) is 11.0. The van der Waals surface area contributed by atoms with E-state index in [0.717, 1.165) is 15.4 Å². The first-order valence-electron chi connectivity index (χ1n) is 6.46. The molecule has 0 aliphatic heterocycles. The summed E-state index contributed by atoms with van der Waals surface area (Å²) in [7, 11) is 0. The summed E-state index contributed by atoms with van der Waals surface area (Å²) < 4.78 is 5.84. The first kappa shape index (κ1) is 14.1. The summed E-state index contributed by atoms with van der Waals surface area (Å²) in [5.74, 6) is 0.482. The molecule has 2 heterocycles. The third-order valence-corrected chi connectivity index (χ3v) is 3.66. The van der Waals surface area contributed by atoms with Crippen LogP contribution in [0.2, 0.25) is 0 Å². The van der Waals surface area contributed by atoms with E-state index in [9.17, 15) is 5.11 Å². The highest BCUT2D eigenvalue weighted by Gasteiger charge is 2.18. The predicted octanol–water partition coefficient (Wildman–Crippen LogP) is 2.43. The number of nitrogens with two attached hydrogens (primary N) is 1. The average Bonchev–Trinajstić information content (AvgIpc) is 2.96. The van der Waals surface area contributed by atoms with Crippen molar-refractivity contribution in [1.29, 1.82) is 0 Å². The van der Waals surface area contributed by atoms with Crippen molar-refractivity contribution in [1.82, 2.24) is 15.1 Å². The number of fused-ring (bicyclic) bond motifs is 1. The number of aromatic nitrogens is 3. The van der Waals surface area contributed by atoms with Gasteiger partial charge >= 0.3 is 0 Å². The molecule has 0 amide bonds. The van der Waals surface area contributed by atoms with E-state index < -0.39 is 6.10 Å². The number of nitrogens with zero attached hydrogens (tertiary/aromatic N) is 3. The first-order valence-corrected chi connectivity index (χ1v) is 7.25. The molecule has 3 rings (SSSR count). The van der Waals surface area contributed by atoms with Gasteiger partial charge in [0.05, 0.1) is 5.52 Å². The van der Waals surface area contributed by atoms with Crippen molar-refractivity contribution in [3.05, 3.63) is 40.7 Å². The van der Waals surface area contributed by atoms with Gasteiger partial charge < -0.3 is 15.4 Å². The topological polar surface area (TPSA) is 98.1 Å². The van der Waals surface area contributed by atoms with Gasteiger partial charge in [0.1, 0.15) is 11.8 Å². The van der Waals surface area contributed by atoms with Gasteiger partial charge in [0.25, 0.3) is 5.89 Å². The van der Waals surface area contributed by atoms with Gasteiger partial charge in [-0.05, 0) is 41.0 Å². The van der Waals surface area contributed by atoms with Crippen molar-refractivity contribution < 1.29 is 9.63 Å². The summed E-state index contributed by atoms with van der Waals surface area (Å²) in [6.07, 6.45) is -0.482. The van der Waals surface area contributed by atoms with Crippen LogP contribution in [0, 0.1) is 0 Å². The molecule has 21 heavy (non-hydrogen) atoms. The summed E-state index contributed by atoms with van der Waals surface area (Å²) in [5, 5.41) is 14.7. The smallest absolute Gasteiger partial charge is 0.255 e. The zero-order chi connectivity index (χ0) is 14.8. The van der Waals surface area contributed by atoms with E-state index >= 15 is 0 Å². The fourth-order valence-corrected chi connectivity index (χ4v) is 2.51. The van der Waals surface area contributed by atoms with Gasteiger partial charge in [-0.1, -0.05) is 23.4 Å². The van der Waals surface area contributed by atoms with Crippen molar-refractivity contribution in [2.75, 3.05) is 6.54 Å². The van der Waals surface area contributed by atoms with E-state index in [2.05, 4.69) is 31.1 Å². The van der Waals surface area contributed by atoms with E-state index in [1.54, 1.807) is 0 Å². The molecular formula is C14H13BrN4O2. The third-order valence-electron chi connectivity index (χ3n) is 3.06. The standard InChI is InChI=1S/C14H13BrN4O2/c15-9-7-8-3-1-2-4-10(8)17-12(9)13-18-14(21-19-13)11(20)5-6-16/h1-4,7,11,20H,5-6,16H2. The number of aliphatic hydroxyl groups is 1. The maximum atomic E-state index is 9.81. The Bertz CT molecular complexity index is 775. The summed E-state index contributed by atoms with van der Waals surface area (Å²) in [5.41, 5.74) is 6.81. The molecule has 108 valence electrons. The van der Waals surface area contributed by atoms with Crippen molar-refractivity contribution in [3.8, 4) is 11.5 Å². The number of hydrogen-bond acceptors (Lipinski definition) is 6. The van der Waals surface area contributed by atoms with Crippen molar-refractivity contribution in [2.45, 2.75) is 12.5 Å². The monoisotopic (exact) mass is 348 g/mol. The maximum Gasteiger partial charge on any atom is 0.255 e. The van der Waals surface area contributed by atoms with Crippen LogP contribution in [0.1, 0.15) is 18.4 Å². The minimum absolute atomic E-state index is 0.150. The predicted molar refractivity (Wildman–Crippen MR) is 81.4 cm³/mol. The number of aliphatic hydroxyl groups excluding tert-OH is 1. The van der Waals surface area contributed by atoms with Crippen LogP contribution in [0.15, 0.2) is 39.3 Å². The number of hydrogen-bond donors (Lipinski definition) is 2. The van der Waals surface area contributed by atoms with E-state index in [1.165, 1.54) is 0 Å². The summed E-state index contributed by atoms with van der Waals surface area (Å²) in [4.78, 5) is 8.72. The van der Waals surface area contributed by atoms with Gasteiger partial charge in [0.15, 0.2) is 0 Å². The van der Waals surface area contributed by atoms with Gasteiger partial charge in [-0.25, -0.2) is 4.98 Å². The number of para-hydroxylation sites is 1. The minimum atomic E-state index is -0.851. The maximum absolute atomic E-state index is 9.81. The lowest BCUT2D eigenvalue weighted by atomic mass is 10.2. The Morgan fingerprint density at radius 2 is 2.10 bits per heavy atom. The van der Waals surface area contributed by atoms with Gasteiger partial charge in [0.2, 0.25) is 5.82 Å². The van der Waals surface area contributed by atoms with Crippen LogP contribution in [0.5, 0.6) is 0 Å². The molecule has 2 aromatic heterocycles. The van der Waals surface area contributed by atoms with Crippen LogP contribution in [-0.2, 0) is 0 Å². The van der Waals surface area contributed by atoms with Crippen molar-refractivity contribution >= 4 is 26.8 Å². The number of pyridine rings is 1. The molecule has 1 unspecified atom stereocenters. The highest BCUT2D eigenvalue weighted by atomic mass is 79.9. The van der Waals surface area contributed by atoms with Gasteiger partial charge in [-0.15, -0.1) is 0 Å². The SMILES string of the molecule is NCCC(O)c1nc(-c2nc3ccccc3cc2Br)no1. The molecule has 0 saturated heterocycles. The molecule has 0 aliphatic rings. The second-order valence-corrected chi connectivity index (χ2v) is 5.42. The first-order chi connectivity index (χ1) is 10.2. The lowest BCUT2D eigenvalue weighted by molar-refractivity contribution is 0.127. The van der Waals surface area contributed by atoms with E-state index in [1.807, 2.05) is 30.3 Å². The molecule has 1 atom stereocenters. The molecule has 1 aromatic carbocycles. The van der Waals surface area contributed by atoms with Gasteiger partial charge in [-0.3, -0.25) is 0 Å². The summed E-state index contributed by atoms with van der Waals surface area (Å²) in [6.45, 7) is 0.344. The quantitative estimate of drug-likeness (QED) is 0.751. The van der Waals surface area contributed by atoms with E-state index in [-0.39, 0.29) is 5.89 Å². The Labute approximate surface area is 129 Å². The van der Waals surface area contributed by atoms with Crippen LogP contribution < -0.4 is 5.73 Å². The molecule has 3 aromatic rings. The Kier molecular flexibility index (Phi) is 3.96. The molecule has 0 fully saturated rings. The summed E-state index contributed by atoms with van der Waals surface area (Å²) >= 11 is 3.46. The Morgan fingerprint density at radius 1 is 1.29 bits per heavy atom. The number of halogens is 1. The molecular weight excluding hydrogens is 336 g/mol. The largest absolute Gasteiger partial charge is 0.383 e. The second-order valence-electron chi connectivity index (χ2n) is 4.56. The van der Waals surface area contributed by atoms with Crippen molar-refractivity contribution in [3.63, 3.8) is 0 Å². The Morgan fingerprint density at radius 3 is 2.90 bits per heavy atom. The van der Waals surface area contributed by atoms with E-state index in [0.29, 0.717) is 24.5 Å². The number of benzene rings is 1. The molecule has 0 bridgehead atoms. The van der Waals surface area contributed by atoms with Crippen LogP contribution in [0.4, 0.5) is 0 Å².